The standard InChI is InChI=1S/C15H12N6O4S/c22-12(17-8-1-3-9(4-2-8)21(24)25)5-10-7-26-15-18-13-11(6-16-19-13)14(23)20(10)15/h1-4,6,10H,5,7H2,(H,16,19)(H,17,22). The van der Waals surface area contributed by atoms with Crippen LogP contribution in [-0.4, -0.2) is 36.3 Å². The number of carbonyl (C=O) groups is 1. The molecule has 0 fully saturated rings. The van der Waals surface area contributed by atoms with Gasteiger partial charge in [0.25, 0.3) is 11.2 Å². The number of fused-ring (bicyclic) bond motifs is 2. The molecule has 1 aliphatic heterocycles. The highest BCUT2D eigenvalue weighted by atomic mass is 32.2. The molecule has 10 nitrogen and oxygen atoms in total. The Balaban J connectivity index is 1.51. The van der Waals surface area contributed by atoms with Gasteiger partial charge in [-0.1, -0.05) is 11.8 Å². The molecule has 0 spiro atoms. The second-order valence-corrected chi connectivity index (χ2v) is 6.71. The molecule has 3 heterocycles. The maximum atomic E-state index is 12.6. The number of nitro groups is 1. The average Bonchev–Trinajstić information content (AvgIpc) is 3.23. The van der Waals surface area contributed by atoms with Crippen LogP contribution in [-0.2, 0) is 4.79 Å². The highest BCUT2D eigenvalue weighted by Gasteiger charge is 2.28. The van der Waals surface area contributed by atoms with E-state index >= 15 is 0 Å². The summed E-state index contributed by atoms with van der Waals surface area (Å²) in [5.41, 5.74) is 0.620. The van der Waals surface area contributed by atoms with Crippen molar-refractivity contribution in [2.24, 2.45) is 0 Å². The second kappa shape index (κ2) is 6.26. The quantitative estimate of drug-likeness (QED) is 0.404. The highest BCUT2D eigenvalue weighted by molar-refractivity contribution is 7.99. The van der Waals surface area contributed by atoms with Gasteiger partial charge in [-0.2, -0.15) is 5.10 Å². The molecule has 1 amide bonds. The molecular weight excluding hydrogens is 360 g/mol. The summed E-state index contributed by atoms with van der Waals surface area (Å²) in [4.78, 5) is 39.4. The number of hydrogen-bond donors (Lipinski definition) is 2. The molecule has 1 unspecified atom stereocenters. The minimum Gasteiger partial charge on any atom is -0.326 e. The minimum atomic E-state index is -0.506. The van der Waals surface area contributed by atoms with Gasteiger partial charge < -0.3 is 5.32 Å². The third kappa shape index (κ3) is 2.81. The molecule has 0 bridgehead atoms. The number of anilines is 1. The lowest BCUT2D eigenvalue weighted by atomic mass is 10.2. The van der Waals surface area contributed by atoms with Gasteiger partial charge in [-0.25, -0.2) is 4.98 Å². The van der Waals surface area contributed by atoms with Crippen LogP contribution < -0.4 is 10.9 Å². The minimum absolute atomic E-state index is 0.0501. The van der Waals surface area contributed by atoms with E-state index in [1.165, 1.54) is 46.8 Å². The van der Waals surface area contributed by atoms with E-state index in [1.807, 2.05) is 0 Å². The molecule has 11 heteroatoms. The number of amides is 1. The fourth-order valence-electron chi connectivity index (χ4n) is 2.80. The average molecular weight is 372 g/mol. The maximum absolute atomic E-state index is 12.6. The van der Waals surface area contributed by atoms with Crippen LogP contribution in [0.3, 0.4) is 0 Å². The second-order valence-electron chi connectivity index (χ2n) is 5.72. The molecule has 1 aliphatic rings. The molecule has 4 rings (SSSR count). The molecule has 2 N–H and O–H groups in total. The first kappa shape index (κ1) is 16.3. The van der Waals surface area contributed by atoms with Crippen LogP contribution in [0.15, 0.2) is 40.4 Å². The number of hydrogen-bond acceptors (Lipinski definition) is 7. The Bertz CT molecular complexity index is 1070. The molecule has 0 aliphatic carbocycles. The van der Waals surface area contributed by atoms with Crippen LogP contribution in [0.1, 0.15) is 12.5 Å². The lowest BCUT2D eigenvalue weighted by Gasteiger charge is -2.13. The van der Waals surface area contributed by atoms with Crippen LogP contribution >= 0.6 is 11.8 Å². The van der Waals surface area contributed by atoms with Crippen molar-refractivity contribution < 1.29 is 9.72 Å². The van der Waals surface area contributed by atoms with E-state index in [0.29, 0.717) is 27.6 Å². The Morgan fingerprint density at radius 2 is 2.19 bits per heavy atom. The lowest BCUT2D eigenvalue weighted by molar-refractivity contribution is -0.384. The summed E-state index contributed by atoms with van der Waals surface area (Å²) < 4.78 is 1.53. The summed E-state index contributed by atoms with van der Waals surface area (Å²) >= 11 is 1.41. The fraction of sp³-hybridized carbons (Fsp3) is 0.200. The molecule has 26 heavy (non-hydrogen) atoms. The van der Waals surface area contributed by atoms with Gasteiger partial charge in [0.15, 0.2) is 10.8 Å². The van der Waals surface area contributed by atoms with E-state index in [0.717, 1.165) is 0 Å². The van der Waals surface area contributed by atoms with Gasteiger partial charge >= 0.3 is 0 Å². The summed E-state index contributed by atoms with van der Waals surface area (Å²) in [5, 5.41) is 20.8. The molecule has 132 valence electrons. The molecule has 3 aromatic rings. The van der Waals surface area contributed by atoms with E-state index < -0.39 is 4.92 Å². The Kier molecular flexibility index (Phi) is 3.92. The summed E-state index contributed by atoms with van der Waals surface area (Å²) in [7, 11) is 0. The molecule has 0 saturated heterocycles. The van der Waals surface area contributed by atoms with Gasteiger partial charge in [-0.3, -0.25) is 29.4 Å². The van der Waals surface area contributed by atoms with Crippen LogP contribution in [0.2, 0.25) is 0 Å². The molecule has 1 atom stereocenters. The number of rotatable bonds is 4. The van der Waals surface area contributed by atoms with Crippen molar-refractivity contribution in [3.63, 3.8) is 0 Å². The largest absolute Gasteiger partial charge is 0.326 e. The van der Waals surface area contributed by atoms with Crippen molar-refractivity contribution in [3.05, 3.63) is 50.9 Å². The highest BCUT2D eigenvalue weighted by Crippen LogP contribution is 2.33. The van der Waals surface area contributed by atoms with E-state index in [-0.39, 0.29) is 29.6 Å². The predicted octanol–water partition coefficient (Wildman–Crippen LogP) is 1.70. The number of H-pyrrole nitrogens is 1. The topological polar surface area (TPSA) is 136 Å². The monoisotopic (exact) mass is 372 g/mol. The van der Waals surface area contributed by atoms with Gasteiger partial charge in [0.2, 0.25) is 5.91 Å². The normalized spacial score (nSPS) is 15.8. The van der Waals surface area contributed by atoms with Gasteiger partial charge in [0.05, 0.1) is 17.2 Å². The summed E-state index contributed by atoms with van der Waals surface area (Å²) in [5.74, 6) is 0.284. The summed E-state index contributed by atoms with van der Waals surface area (Å²) in [6.45, 7) is 0. The zero-order chi connectivity index (χ0) is 18.3. The van der Waals surface area contributed by atoms with Gasteiger partial charge in [-0.05, 0) is 12.1 Å². The lowest BCUT2D eigenvalue weighted by Crippen LogP contribution is -2.27. The number of nitrogens with one attached hydrogen (secondary N) is 2. The number of non-ortho nitro benzene ring substituents is 1. The number of thioether (sulfide) groups is 1. The van der Waals surface area contributed by atoms with Crippen LogP contribution in [0.5, 0.6) is 0 Å². The number of carbonyl (C=O) groups excluding carboxylic acids is 1. The Labute approximate surface area is 149 Å². The van der Waals surface area contributed by atoms with Gasteiger partial charge in [0, 0.05) is 30.0 Å². The molecule has 0 saturated carbocycles. The number of aromatic amines is 1. The van der Waals surface area contributed by atoms with E-state index in [4.69, 9.17) is 0 Å². The van der Waals surface area contributed by atoms with Crippen LogP contribution in [0.4, 0.5) is 11.4 Å². The van der Waals surface area contributed by atoms with Crippen LogP contribution in [0.25, 0.3) is 11.0 Å². The number of benzene rings is 1. The first-order valence-corrected chi connectivity index (χ1v) is 8.64. The Morgan fingerprint density at radius 3 is 2.92 bits per heavy atom. The van der Waals surface area contributed by atoms with Crippen molar-refractivity contribution in [1.82, 2.24) is 19.7 Å². The number of aromatic nitrogens is 4. The summed E-state index contributed by atoms with van der Waals surface area (Å²) in [6, 6.07) is 5.26. The van der Waals surface area contributed by atoms with Gasteiger partial charge in [0.1, 0.15) is 5.39 Å². The number of nitrogens with zero attached hydrogens (tertiary/aromatic N) is 4. The third-order valence-electron chi connectivity index (χ3n) is 4.03. The predicted molar refractivity (Wildman–Crippen MR) is 94.3 cm³/mol. The number of nitro benzene ring substituents is 1. The maximum Gasteiger partial charge on any atom is 0.269 e. The van der Waals surface area contributed by atoms with Crippen LogP contribution in [0, 0.1) is 10.1 Å². The third-order valence-corrected chi connectivity index (χ3v) is 5.13. The van der Waals surface area contributed by atoms with Crippen molar-refractivity contribution in [2.45, 2.75) is 17.6 Å². The van der Waals surface area contributed by atoms with E-state index in [9.17, 15) is 19.7 Å². The van der Waals surface area contributed by atoms with Crippen molar-refractivity contribution >= 4 is 40.1 Å². The zero-order valence-corrected chi connectivity index (χ0v) is 14.0. The fourth-order valence-corrected chi connectivity index (χ4v) is 3.93. The first-order chi connectivity index (χ1) is 12.5. The molecule has 0 radical (unpaired) electrons. The Hall–Kier alpha value is -3.21. The zero-order valence-electron chi connectivity index (χ0n) is 13.2. The molecule has 2 aromatic heterocycles. The molecular formula is C15H12N6O4S. The van der Waals surface area contributed by atoms with Crippen molar-refractivity contribution in [3.8, 4) is 0 Å². The first-order valence-electron chi connectivity index (χ1n) is 7.65. The van der Waals surface area contributed by atoms with Crippen molar-refractivity contribution in [2.75, 3.05) is 11.1 Å². The van der Waals surface area contributed by atoms with E-state index in [2.05, 4.69) is 20.5 Å². The SMILES string of the molecule is O=C(CC1CSc2nc3[nH]ncc3c(=O)n21)Nc1ccc([N+](=O)[O-])cc1. The summed E-state index contributed by atoms with van der Waals surface area (Å²) in [6.07, 6.45) is 1.52. The van der Waals surface area contributed by atoms with Crippen molar-refractivity contribution in [1.29, 1.82) is 0 Å². The molecule has 1 aromatic carbocycles. The Morgan fingerprint density at radius 1 is 1.42 bits per heavy atom. The van der Waals surface area contributed by atoms with Gasteiger partial charge in [-0.15, -0.1) is 0 Å². The van der Waals surface area contributed by atoms with E-state index in [1.54, 1.807) is 0 Å². The smallest absolute Gasteiger partial charge is 0.269 e.